The quantitative estimate of drug-likeness (QED) is 0.473. The summed E-state index contributed by atoms with van der Waals surface area (Å²) in [7, 11) is 0. The fraction of sp³-hybridized carbons (Fsp3) is 0.308. The fourth-order valence-corrected chi connectivity index (χ4v) is 1.33. The average molecular weight is 236 g/mol. The van der Waals surface area contributed by atoms with Crippen molar-refractivity contribution in [2.75, 3.05) is 0 Å². The Bertz CT molecular complexity index is 403. The Morgan fingerprint density at radius 3 is 2.29 bits per heavy atom. The van der Waals surface area contributed by atoms with Gasteiger partial charge in [-0.1, -0.05) is 36.9 Å². The zero-order valence-electron chi connectivity index (χ0n) is 9.88. The standard InChI is InChI=1S/C13H16O4/c1-9(2)12(14)17-11(13(3,15)16)10-7-5-4-6-8-10/h4-8,11,15-16H,1H2,2-3H3. The first-order valence-electron chi connectivity index (χ1n) is 5.18. The van der Waals surface area contributed by atoms with Crippen LogP contribution >= 0.6 is 0 Å². The maximum Gasteiger partial charge on any atom is 0.333 e. The van der Waals surface area contributed by atoms with E-state index in [1.54, 1.807) is 30.3 Å². The highest BCUT2D eigenvalue weighted by Gasteiger charge is 2.34. The van der Waals surface area contributed by atoms with E-state index in [4.69, 9.17) is 4.74 Å². The van der Waals surface area contributed by atoms with Gasteiger partial charge in [-0.25, -0.2) is 4.79 Å². The third kappa shape index (κ3) is 3.69. The summed E-state index contributed by atoms with van der Waals surface area (Å²) in [5, 5.41) is 19.2. The van der Waals surface area contributed by atoms with Gasteiger partial charge in [-0.3, -0.25) is 0 Å². The van der Waals surface area contributed by atoms with Crippen molar-refractivity contribution < 1.29 is 19.7 Å². The molecule has 1 aromatic rings. The average Bonchev–Trinajstić information content (AvgIpc) is 2.25. The highest BCUT2D eigenvalue weighted by Crippen LogP contribution is 2.28. The lowest BCUT2D eigenvalue weighted by Gasteiger charge is -2.27. The maximum absolute atomic E-state index is 11.4. The highest BCUT2D eigenvalue weighted by atomic mass is 16.6. The van der Waals surface area contributed by atoms with Gasteiger partial charge >= 0.3 is 5.97 Å². The number of benzene rings is 1. The summed E-state index contributed by atoms with van der Waals surface area (Å²) in [5.74, 6) is -2.81. The van der Waals surface area contributed by atoms with Crippen LogP contribution in [0.5, 0.6) is 0 Å². The van der Waals surface area contributed by atoms with Gasteiger partial charge in [-0.2, -0.15) is 0 Å². The van der Waals surface area contributed by atoms with E-state index in [0.717, 1.165) is 6.92 Å². The number of rotatable bonds is 4. The number of ether oxygens (including phenoxy) is 1. The van der Waals surface area contributed by atoms with Gasteiger partial charge in [0.2, 0.25) is 5.79 Å². The van der Waals surface area contributed by atoms with E-state index in [2.05, 4.69) is 6.58 Å². The van der Waals surface area contributed by atoms with Crippen molar-refractivity contribution in [2.24, 2.45) is 0 Å². The Morgan fingerprint density at radius 2 is 1.88 bits per heavy atom. The summed E-state index contributed by atoms with van der Waals surface area (Å²) in [6, 6.07) is 8.54. The summed E-state index contributed by atoms with van der Waals surface area (Å²) >= 11 is 0. The minimum Gasteiger partial charge on any atom is -0.448 e. The molecule has 1 aromatic carbocycles. The summed E-state index contributed by atoms with van der Waals surface area (Å²) in [5.41, 5.74) is 0.713. The summed E-state index contributed by atoms with van der Waals surface area (Å²) in [6.45, 7) is 6.11. The Balaban J connectivity index is 2.98. The lowest BCUT2D eigenvalue weighted by molar-refractivity contribution is -0.226. The highest BCUT2D eigenvalue weighted by molar-refractivity contribution is 5.87. The van der Waals surface area contributed by atoms with Gasteiger partial charge in [0, 0.05) is 5.57 Å². The SMILES string of the molecule is C=C(C)C(=O)OC(c1ccccc1)C(C)(O)O. The lowest BCUT2D eigenvalue weighted by Crippen LogP contribution is -2.35. The van der Waals surface area contributed by atoms with Gasteiger partial charge < -0.3 is 14.9 Å². The molecule has 0 spiro atoms. The Kier molecular flexibility index (Phi) is 4.04. The molecule has 0 saturated carbocycles. The largest absolute Gasteiger partial charge is 0.448 e. The predicted molar refractivity (Wildman–Crippen MR) is 62.9 cm³/mol. The minimum atomic E-state index is -2.15. The lowest BCUT2D eigenvalue weighted by atomic mass is 10.0. The van der Waals surface area contributed by atoms with E-state index in [1.807, 2.05) is 0 Å². The van der Waals surface area contributed by atoms with Gasteiger partial charge in [0.15, 0.2) is 6.10 Å². The van der Waals surface area contributed by atoms with Crippen molar-refractivity contribution >= 4 is 5.97 Å². The first-order valence-corrected chi connectivity index (χ1v) is 5.18. The van der Waals surface area contributed by atoms with E-state index >= 15 is 0 Å². The number of hydrogen-bond donors (Lipinski definition) is 2. The van der Waals surface area contributed by atoms with Crippen LogP contribution in [-0.2, 0) is 9.53 Å². The number of esters is 1. The molecule has 0 radical (unpaired) electrons. The van der Waals surface area contributed by atoms with E-state index in [-0.39, 0.29) is 5.57 Å². The minimum absolute atomic E-state index is 0.204. The van der Waals surface area contributed by atoms with Crippen LogP contribution in [0.25, 0.3) is 0 Å². The molecule has 0 aromatic heterocycles. The molecule has 0 amide bonds. The number of aliphatic hydroxyl groups is 2. The van der Waals surface area contributed by atoms with Crippen LogP contribution in [0.2, 0.25) is 0 Å². The van der Waals surface area contributed by atoms with Crippen molar-refractivity contribution in [2.45, 2.75) is 25.7 Å². The van der Waals surface area contributed by atoms with Gasteiger partial charge in [-0.15, -0.1) is 0 Å². The van der Waals surface area contributed by atoms with Crippen LogP contribution in [0.3, 0.4) is 0 Å². The van der Waals surface area contributed by atoms with Crippen LogP contribution in [0, 0.1) is 0 Å². The second kappa shape index (κ2) is 5.12. The molecule has 0 aliphatic rings. The van der Waals surface area contributed by atoms with Gasteiger partial charge in [0.25, 0.3) is 0 Å². The van der Waals surface area contributed by atoms with Crippen molar-refractivity contribution in [1.29, 1.82) is 0 Å². The summed E-state index contributed by atoms with van der Waals surface area (Å²) in [4.78, 5) is 11.4. The molecule has 0 aliphatic carbocycles. The molecule has 2 N–H and O–H groups in total. The second-order valence-corrected chi connectivity index (χ2v) is 4.07. The zero-order valence-corrected chi connectivity index (χ0v) is 9.88. The number of carbonyl (C=O) groups is 1. The monoisotopic (exact) mass is 236 g/mol. The van der Waals surface area contributed by atoms with Crippen LogP contribution in [0.15, 0.2) is 42.5 Å². The van der Waals surface area contributed by atoms with Crippen LogP contribution in [-0.4, -0.2) is 22.0 Å². The van der Waals surface area contributed by atoms with Crippen LogP contribution < -0.4 is 0 Å². The second-order valence-electron chi connectivity index (χ2n) is 4.07. The summed E-state index contributed by atoms with van der Waals surface area (Å²) < 4.78 is 5.02. The zero-order chi connectivity index (χ0) is 13.1. The number of carbonyl (C=O) groups excluding carboxylic acids is 1. The van der Waals surface area contributed by atoms with E-state index in [0.29, 0.717) is 5.56 Å². The van der Waals surface area contributed by atoms with Crippen molar-refractivity contribution in [3.63, 3.8) is 0 Å². The first kappa shape index (κ1) is 13.4. The van der Waals surface area contributed by atoms with Gasteiger partial charge in [0.1, 0.15) is 0 Å². The van der Waals surface area contributed by atoms with Crippen LogP contribution in [0.4, 0.5) is 0 Å². The molecule has 4 heteroatoms. The molecule has 1 atom stereocenters. The molecular formula is C13H16O4. The van der Waals surface area contributed by atoms with Gasteiger partial charge in [0.05, 0.1) is 0 Å². The molecule has 17 heavy (non-hydrogen) atoms. The van der Waals surface area contributed by atoms with Crippen molar-refractivity contribution in [3.05, 3.63) is 48.0 Å². The first-order chi connectivity index (χ1) is 7.82. The molecule has 0 saturated heterocycles. The third-order valence-electron chi connectivity index (χ3n) is 2.17. The molecule has 4 nitrogen and oxygen atoms in total. The predicted octanol–water partition coefficient (Wildman–Crippen LogP) is 1.55. The normalized spacial score (nSPS) is 12.9. The Hall–Kier alpha value is -1.65. The van der Waals surface area contributed by atoms with Crippen molar-refractivity contribution in [1.82, 2.24) is 0 Å². The molecular weight excluding hydrogens is 220 g/mol. The molecule has 0 aliphatic heterocycles. The molecule has 1 rings (SSSR count). The van der Waals surface area contributed by atoms with Crippen LogP contribution in [0.1, 0.15) is 25.5 Å². The Morgan fingerprint density at radius 1 is 1.35 bits per heavy atom. The maximum atomic E-state index is 11.4. The molecule has 0 fully saturated rings. The van der Waals surface area contributed by atoms with E-state index in [1.165, 1.54) is 6.92 Å². The van der Waals surface area contributed by atoms with Gasteiger partial charge in [-0.05, 0) is 19.4 Å². The molecule has 0 heterocycles. The molecule has 1 unspecified atom stereocenters. The fourth-order valence-electron chi connectivity index (χ4n) is 1.33. The molecule has 0 bridgehead atoms. The molecule has 92 valence electrons. The van der Waals surface area contributed by atoms with E-state index < -0.39 is 17.9 Å². The third-order valence-corrected chi connectivity index (χ3v) is 2.17. The van der Waals surface area contributed by atoms with Crippen molar-refractivity contribution in [3.8, 4) is 0 Å². The topological polar surface area (TPSA) is 66.8 Å². The smallest absolute Gasteiger partial charge is 0.333 e. The van der Waals surface area contributed by atoms with E-state index in [9.17, 15) is 15.0 Å². The summed E-state index contributed by atoms with van der Waals surface area (Å²) in [6.07, 6.45) is -1.15. The Labute approximate surface area is 100 Å². The number of hydrogen-bond acceptors (Lipinski definition) is 4.